The van der Waals surface area contributed by atoms with Gasteiger partial charge < -0.3 is 87.7 Å². The maximum Gasteiger partial charge on any atom is 0.234 e. The van der Waals surface area contributed by atoms with Crippen molar-refractivity contribution in [2.75, 3.05) is 87.7 Å². The predicted octanol–water partition coefficient (Wildman–Crippen LogP) is 0.252. The molecule has 4 aliphatic heterocycles. The number of halogens is 1. The number of methoxy groups -OCH3 is 4. The van der Waals surface area contributed by atoms with E-state index in [0.717, 1.165) is 11.8 Å². The van der Waals surface area contributed by atoms with Gasteiger partial charge in [0.2, 0.25) is 23.1 Å². The van der Waals surface area contributed by atoms with Gasteiger partial charge in [0.05, 0.1) is 123 Å². The third-order valence-electron chi connectivity index (χ3n) is 13.1. The fourth-order valence-corrected chi connectivity index (χ4v) is 10.9. The Balaban J connectivity index is 1.14. The number of benzene rings is 1. The van der Waals surface area contributed by atoms with Crippen LogP contribution in [0.1, 0.15) is 63.4 Å². The van der Waals surface area contributed by atoms with Gasteiger partial charge in [-0.25, -0.2) is 0 Å². The summed E-state index contributed by atoms with van der Waals surface area (Å²) in [4.78, 5) is 35.0. The monoisotopic (exact) mass is 1150 g/mol. The molecule has 25 heteroatoms. The summed E-state index contributed by atoms with van der Waals surface area (Å²) >= 11 is 2.89. The molecule has 1 aromatic carbocycles. The Kier molecular flexibility index (Phi) is 24.4. The first-order chi connectivity index (χ1) is 33.9. The zero-order chi connectivity index (χ0) is 52.1. The second kappa shape index (κ2) is 28.9. The molecular weight excluding hydrogens is 1070 g/mol. The zero-order valence-corrected chi connectivity index (χ0v) is 45.2. The standard InChI is InChI=1S/C46H76IN3O20S/c1-11-50(20-30(53)48-12-14-62-16-17-63-15-13-51)27-21-64-31(19-29(27)58-7)68-39-25(5)65-23(3)35(37(39)55)49-70-32-18-28(52)44(26(6)66-32)71-45(57)33-22(2)34(47)41(43(61-10)40(33)59-8)69-46-38(56)42(60-9)36(54)24(4)67-46/h23-29,31-32,35-39,42,44,46,49,51-52,54-56H,11-21H2,1-10H3,(H,48,53)/t23-,24+,25+,26-,27+,28+,29+,31+,32+,35-,36+,37+,38-,39+,42-,44-,46+/m1/s1. The third-order valence-corrected chi connectivity index (χ3v) is 15.8. The van der Waals surface area contributed by atoms with E-state index in [1.807, 2.05) is 34.4 Å². The van der Waals surface area contributed by atoms with E-state index in [0.29, 0.717) is 48.5 Å². The van der Waals surface area contributed by atoms with Crippen molar-refractivity contribution in [1.29, 1.82) is 0 Å². The molecule has 4 heterocycles. The molecule has 4 aliphatic rings. The summed E-state index contributed by atoms with van der Waals surface area (Å²) in [5, 5.41) is 55.1. The van der Waals surface area contributed by atoms with E-state index in [1.165, 1.54) is 21.3 Å². The van der Waals surface area contributed by atoms with Gasteiger partial charge in [-0.3, -0.25) is 19.3 Å². The van der Waals surface area contributed by atoms with Gasteiger partial charge in [0.25, 0.3) is 0 Å². The predicted molar refractivity (Wildman–Crippen MR) is 262 cm³/mol. The van der Waals surface area contributed by atoms with Gasteiger partial charge in [0, 0.05) is 33.6 Å². The molecule has 4 fully saturated rings. The summed E-state index contributed by atoms with van der Waals surface area (Å²) in [7, 11) is 5.73. The number of carbonyl (C=O) groups is 2. The molecule has 0 bridgehead atoms. The molecule has 0 radical (unpaired) electrons. The second-order valence-corrected chi connectivity index (χ2v) is 20.0. The van der Waals surface area contributed by atoms with E-state index in [1.54, 1.807) is 41.7 Å². The molecule has 0 unspecified atom stereocenters. The van der Waals surface area contributed by atoms with E-state index < -0.39 is 96.3 Å². The molecule has 0 aliphatic carbocycles. The van der Waals surface area contributed by atoms with Crippen LogP contribution in [-0.4, -0.2) is 233 Å². The number of thioether (sulfide) groups is 1. The summed E-state index contributed by atoms with van der Waals surface area (Å²) < 4.78 is 70.6. The highest BCUT2D eigenvalue weighted by Crippen LogP contribution is 2.48. The average molecular weight is 1150 g/mol. The van der Waals surface area contributed by atoms with Crippen molar-refractivity contribution in [3.05, 3.63) is 14.7 Å². The number of nitrogens with one attached hydrogen (secondary N) is 2. The van der Waals surface area contributed by atoms with Crippen LogP contribution in [0.25, 0.3) is 0 Å². The fraction of sp³-hybridized carbons (Fsp3) is 0.826. The topological polar surface area (TPSA) is 283 Å². The van der Waals surface area contributed by atoms with Crippen LogP contribution in [0.3, 0.4) is 0 Å². The molecule has 1 aromatic rings. The minimum absolute atomic E-state index is 0.0252. The number of hydrogen-bond acceptors (Lipinski definition) is 23. The Labute approximate surface area is 433 Å². The number of ether oxygens (including phenoxy) is 12. The summed E-state index contributed by atoms with van der Waals surface area (Å²) in [6.07, 6.45) is -12.1. The maximum absolute atomic E-state index is 14.2. The van der Waals surface area contributed by atoms with Crippen LogP contribution in [0.4, 0.5) is 0 Å². The van der Waals surface area contributed by atoms with Gasteiger partial charge in [-0.15, -0.1) is 0 Å². The van der Waals surface area contributed by atoms with E-state index >= 15 is 0 Å². The number of hydroxylamine groups is 1. The third kappa shape index (κ3) is 15.2. The molecule has 5 rings (SSSR count). The Morgan fingerprint density at radius 1 is 0.803 bits per heavy atom. The van der Waals surface area contributed by atoms with Crippen LogP contribution in [0, 0.1) is 10.5 Å². The van der Waals surface area contributed by atoms with Crippen molar-refractivity contribution >= 4 is 45.4 Å². The zero-order valence-electron chi connectivity index (χ0n) is 42.2. The van der Waals surface area contributed by atoms with Crippen molar-refractivity contribution in [2.24, 2.45) is 0 Å². The molecule has 0 saturated carbocycles. The number of hydrogen-bond donors (Lipinski definition) is 7. The van der Waals surface area contributed by atoms with Crippen LogP contribution >= 0.6 is 34.4 Å². The largest absolute Gasteiger partial charge is 0.492 e. The van der Waals surface area contributed by atoms with Crippen molar-refractivity contribution < 1.29 is 96.8 Å². The molecule has 0 spiro atoms. The highest BCUT2D eigenvalue weighted by molar-refractivity contribution is 14.1. The first-order valence-electron chi connectivity index (χ1n) is 24.0. The minimum Gasteiger partial charge on any atom is -0.492 e. The Morgan fingerprint density at radius 3 is 2.14 bits per heavy atom. The lowest BCUT2D eigenvalue weighted by Gasteiger charge is -2.46. The lowest BCUT2D eigenvalue weighted by atomic mass is 9.94. The quantitative estimate of drug-likeness (QED) is 0.0393. The van der Waals surface area contributed by atoms with E-state index in [2.05, 4.69) is 10.8 Å². The molecule has 71 heavy (non-hydrogen) atoms. The SMILES string of the molecule is CCN(CC(=O)NCCOCCOCCO)[C@H]1CO[C@@H](O[C@@H]2[C@@H](O)[C@H](NO[C@H]3C[C@H](O)[C@H](SC(=O)c4c(C)c(I)c(O[C@@H]5O[C@@H](C)[C@H](O)[C@@H](OC)[C@H]5O)c(OC)c4OC)[C@@H](C)O3)[C@@H](C)O[C@H]2C)C[C@@H]1OC. The summed E-state index contributed by atoms with van der Waals surface area (Å²) in [6, 6.07) is -1.04. The number of aliphatic hydroxyl groups excluding tert-OH is 5. The van der Waals surface area contributed by atoms with Gasteiger partial charge in [-0.1, -0.05) is 18.7 Å². The second-order valence-electron chi connectivity index (χ2n) is 17.8. The molecule has 408 valence electrons. The number of rotatable bonds is 25. The molecule has 4 saturated heterocycles. The van der Waals surface area contributed by atoms with Crippen molar-refractivity contribution in [3.63, 3.8) is 0 Å². The highest BCUT2D eigenvalue weighted by Gasteiger charge is 2.48. The van der Waals surface area contributed by atoms with E-state index in [9.17, 15) is 30.0 Å². The fourth-order valence-electron chi connectivity index (χ4n) is 9.15. The molecule has 23 nitrogen and oxygen atoms in total. The van der Waals surface area contributed by atoms with Crippen LogP contribution in [-0.2, 0) is 52.3 Å². The van der Waals surface area contributed by atoms with Crippen LogP contribution in [0.15, 0.2) is 0 Å². The van der Waals surface area contributed by atoms with Crippen molar-refractivity contribution in [3.8, 4) is 17.2 Å². The first-order valence-corrected chi connectivity index (χ1v) is 25.9. The van der Waals surface area contributed by atoms with E-state index in [-0.39, 0.29) is 73.7 Å². The van der Waals surface area contributed by atoms with Gasteiger partial charge in [-0.2, -0.15) is 5.48 Å². The van der Waals surface area contributed by atoms with Crippen LogP contribution < -0.4 is 25.0 Å². The Bertz CT molecular complexity index is 1820. The molecular formula is C46H76IN3O20S. The number of aliphatic hydroxyl groups is 5. The lowest BCUT2D eigenvalue weighted by molar-refractivity contribution is -0.294. The number of amides is 1. The number of likely N-dealkylation sites (N-methyl/N-ethyl adjacent to an activating group) is 1. The summed E-state index contributed by atoms with van der Waals surface area (Å²) in [5.74, 6) is 0.117. The van der Waals surface area contributed by atoms with Gasteiger partial charge in [-0.05, 0) is 69.3 Å². The van der Waals surface area contributed by atoms with Crippen LogP contribution in [0.5, 0.6) is 17.2 Å². The number of nitrogens with zero attached hydrogens (tertiary/aromatic N) is 1. The minimum atomic E-state index is -1.37. The molecule has 7 N–H and O–H groups in total. The van der Waals surface area contributed by atoms with Crippen molar-refractivity contribution in [1.82, 2.24) is 15.7 Å². The Morgan fingerprint density at radius 2 is 1.51 bits per heavy atom. The summed E-state index contributed by atoms with van der Waals surface area (Å²) in [6.45, 7) is 13.1. The smallest absolute Gasteiger partial charge is 0.234 e. The average Bonchev–Trinajstić information content (AvgIpc) is 3.34. The normalized spacial score (nSPS) is 34.5. The first kappa shape index (κ1) is 60.0. The lowest BCUT2D eigenvalue weighted by Crippen LogP contribution is -2.63. The Hall–Kier alpha value is -1.84. The van der Waals surface area contributed by atoms with Gasteiger partial charge in [0.1, 0.15) is 30.5 Å². The highest BCUT2D eigenvalue weighted by atomic mass is 127. The van der Waals surface area contributed by atoms with Crippen LogP contribution in [0.2, 0.25) is 0 Å². The summed E-state index contributed by atoms with van der Waals surface area (Å²) in [5.41, 5.74) is 3.57. The van der Waals surface area contributed by atoms with Gasteiger partial charge in [0.15, 0.2) is 24.1 Å². The molecule has 0 aromatic heterocycles. The number of carbonyl (C=O) groups excluding carboxylic acids is 2. The maximum atomic E-state index is 14.2. The van der Waals surface area contributed by atoms with E-state index in [4.69, 9.17) is 66.8 Å². The van der Waals surface area contributed by atoms with Crippen molar-refractivity contribution in [2.45, 2.75) is 158 Å². The van der Waals surface area contributed by atoms with Gasteiger partial charge >= 0.3 is 0 Å². The molecule has 17 atom stereocenters. The molecule has 1 amide bonds.